The normalized spacial score (nSPS) is 15.4. The van der Waals surface area contributed by atoms with Gasteiger partial charge in [0.2, 0.25) is 0 Å². The number of benzene rings is 2. The van der Waals surface area contributed by atoms with Gasteiger partial charge in [-0.1, -0.05) is 40.2 Å². The Bertz CT molecular complexity index is 762. The molecular formula is C15H15BrN2O2S. The van der Waals surface area contributed by atoms with Crippen molar-refractivity contribution in [2.75, 3.05) is 17.4 Å². The highest BCUT2D eigenvalue weighted by atomic mass is 79.9. The number of anilines is 1. The third-order valence-electron chi connectivity index (χ3n) is 3.45. The van der Waals surface area contributed by atoms with E-state index in [-0.39, 0.29) is 0 Å². The van der Waals surface area contributed by atoms with Crippen LogP contribution in [0.3, 0.4) is 0 Å². The van der Waals surface area contributed by atoms with Crippen molar-refractivity contribution in [2.45, 2.75) is 11.4 Å². The van der Waals surface area contributed by atoms with Crippen LogP contribution in [0.4, 0.5) is 5.69 Å². The summed E-state index contributed by atoms with van der Waals surface area (Å²) in [5, 5.41) is 3.25. The molecule has 0 bridgehead atoms. The minimum absolute atomic E-state index is 0.300. The standard InChI is InChI=1S/C15H15BrN2O2S/c16-13-5-3-6-14(10-13)21(19,20)18-9-8-17-11-12-4-1-2-7-15(12)18/h1-7,10,17H,8-9,11H2. The van der Waals surface area contributed by atoms with Gasteiger partial charge in [0, 0.05) is 24.1 Å². The van der Waals surface area contributed by atoms with E-state index in [4.69, 9.17) is 0 Å². The lowest BCUT2D eigenvalue weighted by atomic mass is 10.2. The molecule has 3 rings (SSSR count). The average molecular weight is 367 g/mol. The van der Waals surface area contributed by atoms with E-state index in [0.29, 0.717) is 24.5 Å². The van der Waals surface area contributed by atoms with Gasteiger partial charge in [0.05, 0.1) is 10.6 Å². The Morgan fingerprint density at radius 1 is 1.10 bits per heavy atom. The zero-order valence-electron chi connectivity index (χ0n) is 11.3. The number of sulfonamides is 1. The van der Waals surface area contributed by atoms with Crippen molar-refractivity contribution < 1.29 is 8.42 Å². The summed E-state index contributed by atoms with van der Waals surface area (Å²) >= 11 is 3.33. The van der Waals surface area contributed by atoms with Gasteiger partial charge in [-0.25, -0.2) is 8.42 Å². The van der Waals surface area contributed by atoms with E-state index in [2.05, 4.69) is 21.2 Å². The molecule has 0 aromatic heterocycles. The highest BCUT2D eigenvalue weighted by molar-refractivity contribution is 9.10. The fourth-order valence-electron chi connectivity index (χ4n) is 2.43. The summed E-state index contributed by atoms with van der Waals surface area (Å²) in [4.78, 5) is 0.300. The first-order valence-corrected chi connectivity index (χ1v) is 8.89. The lowest BCUT2D eigenvalue weighted by molar-refractivity contribution is 0.589. The maximum absolute atomic E-state index is 12.9. The molecular weight excluding hydrogens is 352 g/mol. The molecule has 0 aliphatic carbocycles. The molecule has 1 N–H and O–H groups in total. The van der Waals surface area contributed by atoms with Crippen LogP contribution >= 0.6 is 15.9 Å². The van der Waals surface area contributed by atoms with E-state index in [9.17, 15) is 8.42 Å². The van der Waals surface area contributed by atoms with Gasteiger partial charge < -0.3 is 5.32 Å². The molecule has 21 heavy (non-hydrogen) atoms. The van der Waals surface area contributed by atoms with Crippen LogP contribution in [0.1, 0.15) is 5.56 Å². The van der Waals surface area contributed by atoms with Crippen LogP contribution in [0.15, 0.2) is 57.9 Å². The van der Waals surface area contributed by atoms with Crippen molar-refractivity contribution in [3.05, 3.63) is 58.6 Å². The van der Waals surface area contributed by atoms with Crippen LogP contribution in [0.5, 0.6) is 0 Å². The smallest absolute Gasteiger partial charge is 0.264 e. The lowest BCUT2D eigenvalue weighted by Crippen LogP contribution is -2.34. The Morgan fingerprint density at radius 3 is 2.71 bits per heavy atom. The van der Waals surface area contributed by atoms with Gasteiger partial charge >= 0.3 is 0 Å². The molecule has 0 fully saturated rings. The van der Waals surface area contributed by atoms with Gasteiger partial charge in [-0.05, 0) is 29.8 Å². The van der Waals surface area contributed by atoms with E-state index < -0.39 is 10.0 Å². The lowest BCUT2D eigenvalue weighted by Gasteiger charge is -2.24. The predicted octanol–water partition coefficient (Wildman–Crippen LogP) is 2.75. The van der Waals surface area contributed by atoms with Gasteiger partial charge in [-0.2, -0.15) is 0 Å². The third-order valence-corrected chi connectivity index (χ3v) is 5.75. The van der Waals surface area contributed by atoms with E-state index in [0.717, 1.165) is 15.7 Å². The van der Waals surface area contributed by atoms with Gasteiger partial charge in [0.15, 0.2) is 0 Å². The molecule has 0 saturated heterocycles. The number of para-hydroxylation sites is 1. The van der Waals surface area contributed by atoms with Crippen LogP contribution in [0.25, 0.3) is 0 Å². The molecule has 110 valence electrons. The molecule has 0 atom stereocenters. The summed E-state index contributed by atoms with van der Waals surface area (Å²) in [5.74, 6) is 0. The summed E-state index contributed by atoms with van der Waals surface area (Å²) in [6.07, 6.45) is 0. The summed E-state index contributed by atoms with van der Waals surface area (Å²) in [6.45, 7) is 1.73. The number of halogens is 1. The molecule has 1 heterocycles. The Hall–Kier alpha value is -1.37. The molecule has 0 unspecified atom stereocenters. The van der Waals surface area contributed by atoms with Crippen LogP contribution in [0.2, 0.25) is 0 Å². The quantitative estimate of drug-likeness (QED) is 0.888. The fourth-order valence-corrected chi connectivity index (χ4v) is 4.53. The van der Waals surface area contributed by atoms with Crippen molar-refractivity contribution in [3.63, 3.8) is 0 Å². The number of nitrogens with one attached hydrogen (secondary N) is 1. The molecule has 0 saturated carbocycles. The van der Waals surface area contributed by atoms with Crippen molar-refractivity contribution in [1.29, 1.82) is 0 Å². The van der Waals surface area contributed by atoms with Crippen LogP contribution < -0.4 is 9.62 Å². The van der Waals surface area contributed by atoms with Crippen molar-refractivity contribution in [3.8, 4) is 0 Å². The second kappa shape index (κ2) is 5.79. The minimum atomic E-state index is -3.56. The Morgan fingerprint density at radius 2 is 1.90 bits per heavy atom. The zero-order chi connectivity index (χ0) is 14.9. The number of fused-ring (bicyclic) bond motifs is 1. The molecule has 0 radical (unpaired) electrons. The molecule has 1 aliphatic heterocycles. The molecule has 2 aromatic carbocycles. The fraction of sp³-hybridized carbons (Fsp3) is 0.200. The topological polar surface area (TPSA) is 49.4 Å². The second-order valence-electron chi connectivity index (χ2n) is 4.84. The largest absolute Gasteiger partial charge is 0.311 e. The first-order chi connectivity index (χ1) is 10.1. The van der Waals surface area contributed by atoms with Crippen LogP contribution in [-0.2, 0) is 16.6 Å². The summed E-state index contributed by atoms with van der Waals surface area (Å²) < 4.78 is 28.1. The summed E-state index contributed by atoms with van der Waals surface area (Å²) in [7, 11) is -3.56. The van der Waals surface area contributed by atoms with Gasteiger partial charge in [-0.3, -0.25) is 4.31 Å². The van der Waals surface area contributed by atoms with E-state index in [1.54, 1.807) is 18.2 Å². The number of rotatable bonds is 2. The van der Waals surface area contributed by atoms with Gasteiger partial charge in [0.25, 0.3) is 10.0 Å². The van der Waals surface area contributed by atoms with E-state index >= 15 is 0 Å². The molecule has 1 aliphatic rings. The van der Waals surface area contributed by atoms with Crippen molar-refractivity contribution in [2.24, 2.45) is 0 Å². The molecule has 0 spiro atoms. The monoisotopic (exact) mass is 366 g/mol. The predicted molar refractivity (Wildman–Crippen MR) is 86.8 cm³/mol. The van der Waals surface area contributed by atoms with E-state index in [1.165, 1.54) is 4.31 Å². The Labute approximate surface area is 133 Å². The zero-order valence-corrected chi connectivity index (χ0v) is 13.7. The minimum Gasteiger partial charge on any atom is -0.311 e. The maximum Gasteiger partial charge on any atom is 0.264 e. The summed E-state index contributed by atoms with van der Waals surface area (Å²) in [5.41, 5.74) is 1.75. The third kappa shape index (κ3) is 2.84. The highest BCUT2D eigenvalue weighted by Gasteiger charge is 2.27. The molecule has 2 aromatic rings. The van der Waals surface area contributed by atoms with Gasteiger partial charge in [-0.15, -0.1) is 0 Å². The maximum atomic E-state index is 12.9. The number of hydrogen-bond donors (Lipinski definition) is 1. The van der Waals surface area contributed by atoms with Crippen molar-refractivity contribution in [1.82, 2.24) is 5.32 Å². The summed E-state index contributed by atoms with van der Waals surface area (Å²) in [6, 6.07) is 14.4. The average Bonchev–Trinajstić information content (AvgIpc) is 2.70. The first kappa shape index (κ1) is 14.6. The Balaban J connectivity index is 2.11. The molecule has 0 amide bonds. The van der Waals surface area contributed by atoms with E-state index in [1.807, 2.05) is 30.3 Å². The molecule has 6 heteroatoms. The van der Waals surface area contributed by atoms with Crippen LogP contribution in [-0.4, -0.2) is 21.5 Å². The van der Waals surface area contributed by atoms with Crippen molar-refractivity contribution >= 4 is 31.6 Å². The number of hydrogen-bond acceptors (Lipinski definition) is 3. The second-order valence-corrected chi connectivity index (χ2v) is 7.62. The first-order valence-electron chi connectivity index (χ1n) is 6.66. The SMILES string of the molecule is O=S(=O)(c1cccc(Br)c1)N1CCNCc2ccccc21. The molecule has 4 nitrogen and oxygen atoms in total. The number of nitrogens with zero attached hydrogens (tertiary/aromatic N) is 1. The Kier molecular flexibility index (Phi) is 4.01. The highest BCUT2D eigenvalue weighted by Crippen LogP contribution is 2.29. The van der Waals surface area contributed by atoms with Gasteiger partial charge in [0.1, 0.15) is 0 Å². The van der Waals surface area contributed by atoms with Crippen LogP contribution in [0, 0.1) is 0 Å².